The molecule has 0 aromatic heterocycles. The molecule has 2 rings (SSSR count). The Kier molecular flexibility index (Phi) is 13.0. The van der Waals surface area contributed by atoms with Gasteiger partial charge < -0.3 is 14.2 Å². The highest BCUT2D eigenvalue weighted by Gasteiger charge is 2.22. The second-order valence-corrected chi connectivity index (χ2v) is 10.7. The van der Waals surface area contributed by atoms with Crippen LogP contribution in [-0.4, -0.2) is 34.1 Å². The van der Waals surface area contributed by atoms with Crippen molar-refractivity contribution in [2.75, 3.05) is 18.4 Å². The van der Waals surface area contributed by atoms with E-state index in [1.165, 1.54) is 7.11 Å². The van der Waals surface area contributed by atoms with Gasteiger partial charge in [-0.25, -0.2) is 4.99 Å². The fraction of sp³-hybridized carbons (Fsp3) is 0.281. The van der Waals surface area contributed by atoms with Crippen LogP contribution < -0.4 is 18.9 Å². The number of hydrogen-bond donors (Lipinski definition) is 2. The van der Waals surface area contributed by atoms with Gasteiger partial charge in [-0.15, -0.1) is 0 Å². The van der Waals surface area contributed by atoms with E-state index in [2.05, 4.69) is 36.4 Å². The molecule has 2 aromatic carbocycles. The minimum Gasteiger partial charge on any atom is -0.493 e. The lowest BCUT2D eigenvalue weighted by Crippen LogP contribution is -2.32. The summed E-state index contributed by atoms with van der Waals surface area (Å²) in [5.41, 5.74) is 2.51. The maximum Gasteiger partial charge on any atom is 0.321 e. The third-order valence-corrected chi connectivity index (χ3v) is 6.81. The summed E-state index contributed by atoms with van der Waals surface area (Å²) in [5.74, 6) is 1.25. The Morgan fingerprint density at radius 3 is 2.27 bits per heavy atom. The zero-order valence-electron chi connectivity index (χ0n) is 24.7. The number of para-hydroxylation sites is 2. The number of anilines is 1. The first-order chi connectivity index (χ1) is 19.5. The molecule has 1 unspecified atom stereocenters. The molecule has 0 aliphatic carbocycles. The Balaban J connectivity index is 2.61. The van der Waals surface area contributed by atoms with Crippen molar-refractivity contribution in [3.63, 3.8) is 0 Å². The highest BCUT2D eigenvalue weighted by molar-refractivity contribution is 7.90. The standard InChI is InChI=1S/C32H41N3O5S/c1-9-14-27(15-10-2)24(6)33-32(39-22-11-3)31(40-30-17-13-12-16-29(30)38-8)25(7)34-41(36,37)35-28-20-18-26(19-21-28)23(4)5/h9-21,23-24,34-35H,1,3,22H2,2,4-8H3/b15-10-,27-14+,31-25-,33-32?. The maximum atomic E-state index is 13.2. The summed E-state index contributed by atoms with van der Waals surface area (Å²) < 4.78 is 49.1. The lowest BCUT2D eigenvalue weighted by molar-refractivity contribution is 0.312. The quantitative estimate of drug-likeness (QED) is 0.0774. The largest absolute Gasteiger partial charge is 0.493 e. The van der Waals surface area contributed by atoms with Crippen LogP contribution in [0.4, 0.5) is 5.69 Å². The smallest absolute Gasteiger partial charge is 0.321 e. The van der Waals surface area contributed by atoms with Gasteiger partial charge in [-0.1, -0.05) is 81.7 Å². The average Bonchev–Trinajstić information content (AvgIpc) is 2.93. The lowest BCUT2D eigenvalue weighted by Gasteiger charge is -2.20. The summed E-state index contributed by atoms with van der Waals surface area (Å²) in [4.78, 5) is 4.77. The van der Waals surface area contributed by atoms with E-state index in [0.717, 1.165) is 11.1 Å². The molecular formula is C32H41N3O5S. The van der Waals surface area contributed by atoms with Gasteiger partial charge in [-0.05, 0) is 62.1 Å². The number of allylic oxidation sites excluding steroid dienone is 4. The van der Waals surface area contributed by atoms with Gasteiger partial charge in [0.2, 0.25) is 5.76 Å². The van der Waals surface area contributed by atoms with Crippen molar-refractivity contribution in [1.82, 2.24) is 4.72 Å². The zero-order valence-corrected chi connectivity index (χ0v) is 25.5. The molecule has 41 heavy (non-hydrogen) atoms. The molecule has 0 fully saturated rings. The van der Waals surface area contributed by atoms with Crippen LogP contribution in [0.15, 0.2) is 114 Å². The van der Waals surface area contributed by atoms with E-state index in [-0.39, 0.29) is 30.0 Å². The van der Waals surface area contributed by atoms with Crippen molar-refractivity contribution < 1.29 is 22.6 Å². The Labute approximate surface area is 245 Å². The summed E-state index contributed by atoms with van der Waals surface area (Å²) in [6.07, 6.45) is 8.89. The summed E-state index contributed by atoms with van der Waals surface area (Å²) >= 11 is 0. The lowest BCUT2D eigenvalue weighted by atomic mass is 10.0. The van der Waals surface area contributed by atoms with Crippen LogP contribution in [0.5, 0.6) is 11.5 Å². The Hall–Kier alpha value is -4.24. The molecule has 2 N–H and O–H groups in total. The molecule has 0 saturated carbocycles. The molecule has 2 aromatic rings. The van der Waals surface area contributed by atoms with Gasteiger partial charge in [0.05, 0.1) is 24.5 Å². The van der Waals surface area contributed by atoms with E-state index in [0.29, 0.717) is 23.1 Å². The number of aliphatic imine (C=N–C) groups is 1. The maximum absolute atomic E-state index is 13.2. The second-order valence-electron chi connectivity index (χ2n) is 9.30. The molecule has 0 spiro atoms. The summed E-state index contributed by atoms with van der Waals surface area (Å²) in [7, 11) is -2.55. The molecule has 9 heteroatoms. The zero-order chi connectivity index (χ0) is 30.4. The molecule has 220 valence electrons. The summed E-state index contributed by atoms with van der Waals surface area (Å²) in [5, 5.41) is 0. The molecule has 0 aliphatic rings. The minimum absolute atomic E-state index is 0.0576. The van der Waals surface area contributed by atoms with E-state index >= 15 is 0 Å². The Morgan fingerprint density at radius 1 is 1.05 bits per heavy atom. The van der Waals surface area contributed by atoms with Crippen molar-refractivity contribution in [3.05, 3.63) is 115 Å². The van der Waals surface area contributed by atoms with Crippen LogP contribution >= 0.6 is 0 Å². The molecule has 0 heterocycles. The molecule has 0 amide bonds. The molecule has 0 radical (unpaired) electrons. The highest BCUT2D eigenvalue weighted by atomic mass is 32.2. The Bertz CT molecular complexity index is 1410. The monoisotopic (exact) mass is 579 g/mol. The van der Waals surface area contributed by atoms with Gasteiger partial charge >= 0.3 is 10.2 Å². The SMILES string of the molecule is C=C/C=C(\C=C/C)C(C)N=C(OCC=C)/C(Oc1ccccc1OC)=C(\C)NS(=O)(=O)Nc1ccc(C(C)C)cc1. The van der Waals surface area contributed by atoms with Crippen LogP contribution in [-0.2, 0) is 14.9 Å². The molecule has 1 atom stereocenters. The first-order valence-corrected chi connectivity index (χ1v) is 14.7. The van der Waals surface area contributed by atoms with Gasteiger partial charge in [0.1, 0.15) is 6.61 Å². The fourth-order valence-electron chi connectivity index (χ4n) is 3.67. The van der Waals surface area contributed by atoms with E-state index in [1.54, 1.807) is 55.5 Å². The predicted molar refractivity (Wildman–Crippen MR) is 169 cm³/mol. The molecule has 0 saturated heterocycles. The average molecular weight is 580 g/mol. The number of rotatable bonds is 15. The topological polar surface area (TPSA) is 98.2 Å². The number of nitrogens with zero attached hydrogens (tertiary/aromatic N) is 1. The summed E-state index contributed by atoms with van der Waals surface area (Å²) in [6, 6.07) is 13.8. The van der Waals surface area contributed by atoms with Gasteiger partial charge in [-0.3, -0.25) is 9.44 Å². The van der Waals surface area contributed by atoms with E-state index in [9.17, 15) is 8.42 Å². The fourth-order valence-corrected chi connectivity index (χ4v) is 4.66. The molecule has 8 nitrogen and oxygen atoms in total. The first kappa shape index (κ1) is 33.0. The van der Waals surface area contributed by atoms with E-state index in [1.807, 2.05) is 44.2 Å². The van der Waals surface area contributed by atoms with E-state index < -0.39 is 10.2 Å². The van der Waals surface area contributed by atoms with Crippen molar-refractivity contribution >= 4 is 21.8 Å². The second kappa shape index (κ2) is 16.1. The van der Waals surface area contributed by atoms with Crippen molar-refractivity contribution in [2.45, 2.75) is 46.6 Å². The minimum atomic E-state index is -4.07. The molecule has 0 bridgehead atoms. The van der Waals surface area contributed by atoms with Crippen molar-refractivity contribution in [2.24, 2.45) is 4.99 Å². The van der Waals surface area contributed by atoms with Crippen molar-refractivity contribution in [3.8, 4) is 11.5 Å². The van der Waals surface area contributed by atoms with Crippen LogP contribution in [0.3, 0.4) is 0 Å². The third kappa shape index (κ3) is 10.3. The van der Waals surface area contributed by atoms with Gasteiger partial charge in [0.25, 0.3) is 5.90 Å². The number of ether oxygens (including phenoxy) is 3. The highest BCUT2D eigenvalue weighted by Crippen LogP contribution is 2.29. The van der Waals surface area contributed by atoms with Crippen LogP contribution in [0.25, 0.3) is 0 Å². The van der Waals surface area contributed by atoms with Crippen molar-refractivity contribution in [1.29, 1.82) is 0 Å². The third-order valence-electron chi connectivity index (χ3n) is 5.73. The Morgan fingerprint density at radius 2 is 1.71 bits per heavy atom. The molecule has 0 aliphatic heterocycles. The van der Waals surface area contributed by atoms with Gasteiger partial charge in [0.15, 0.2) is 11.5 Å². The van der Waals surface area contributed by atoms with Crippen LogP contribution in [0.2, 0.25) is 0 Å². The molecular weight excluding hydrogens is 538 g/mol. The first-order valence-electron chi connectivity index (χ1n) is 13.2. The number of nitrogens with one attached hydrogen (secondary N) is 2. The van der Waals surface area contributed by atoms with Gasteiger partial charge in [-0.2, -0.15) is 8.42 Å². The number of benzene rings is 2. The van der Waals surface area contributed by atoms with Crippen LogP contribution in [0.1, 0.15) is 46.1 Å². The summed E-state index contributed by atoms with van der Waals surface area (Å²) in [6.45, 7) is 17.1. The number of methoxy groups -OCH3 is 1. The predicted octanol–water partition coefficient (Wildman–Crippen LogP) is 7.05. The van der Waals surface area contributed by atoms with Gasteiger partial charge in [0, 0.05) is 0 Å². The van der Waals surface area contributed by atoms with Crippen LogP contribution in [0, 0.1) is 0 Å². The number of hydrogen-bond acceptors (Lipinski definition) is 6. The normalized spacial score (nSPS) is 13.8. The van der Waals surface area contributed by atoms with E-state index in [4.69, 9.17) is 19.2 Å².